The Hall–Kier alpha value is -3.56. The lowest BCUT2D eigenvalue weighted by Crippen LogP contribution is -2.61. The third-order valence-corrected chi connectivity index (χ3v) is 6.82. The van der Waals surface area contributed by atoms with E-state index in [1.54, 1.807) is 7.11 Å². The fourth-order valence-electron chi connectivity index (χ4n) is 5.10. The maximum atomic E-state index is 13.1. The quantitative estimate of drug-likeness (QED) is 0.617. The largest absolute Gasteiger partial charge is 0.495 e. The third-order valence-electron chi connectivity index (χ3n) is 6.82. The second-order valence-corrected chi connectivity index (χ2v) is 9.49. The normalized spacial score (nSPS) is 20.8. The first-order chi connectivity index (χ1) is 16.9. The van der Waals surface area contributed by atoms with Crippen LogP contribution in [0, 0.1) is 17.2 Å². The molecule has 182 valence electrons. The number of ether oxygens (including phenoxy) is 1. The number of carbonyl (C=O) groups excluding carboxylic acids is 1. The number of rotatable bonds is 6. The molecule has 2 unspecified atom stereocenters. The average Bonchev–Trinajstić information content (AvgIpc) is 2.88. The van der Waals surface area contributed by atoms with Crippen molar-refractivity contribution in [1.29, 1.82) is 5.26 Å². The van der Waals surface area contributed by atoms with Crippen molar-refractivity contribution in [2.24, 2.45) is 5.92 Å². The van der Waals surface area contributed by atoms with Gasteiger partial charge in [0.1, 0.15) is 11.9 Å². The van der Waals surface area contributed by atoms with Crippen LogP contribution in [0.5, 0.6) is 5.75 Å². The number of anilines is 1. The SMILES string of the molecule is COc1ccccc1N1C(C(C)C)=CC=C(C#N)C1N1CCN(C(=O)Cc2ccccc2)C(C)C1. The predicted octanol–water partition coefficient (Wildman–Crippen LogP) is 4.61. The molecule has 1 amide bonds. The van der Waals surface area contributed by atoms with Gasteiger partial charge in [-0.3, -0.25) is 9.69 Å². The van der Waals surface area contributed by atoms with Crippen LogP contribution in [-0.2, 0) is 11.2 Å². The maximum absolute atomic E-state index is 13.1. The summed E-state index contributed by atoms with van der Waals surface area (Å²) in [4.78, 5) is 19.7. The van der Waals surface area contributed by atoms with Gasteiger partial charge in [0.15, 0.2) is 0 Å². The fraction of sp³-hybridized carbons (Fsp3) is 0.379. The molecule has 6 nitrogen and oxygen atoms in total. The molecule has 0 N–H and O–H groups in total. The van der Waals surface area contributed by atoms with Crippen LogP contribution in [0.4, 0.5) is 5.69 Å². The van der Waals surface area contributed by atoms with E-state index in [0.717, 1.165) is 22.7 Å². The van der Waals surface area contributed by atoms with E-state index in [9.17, 15) is 10.1 Å². The van der Waals surface area contributed by atoms with E-state index >= 15 is 0 Å². The number of nitrogens with zero attached hydrogens (tertiary/aromatic N) is 4. The maximum Gasteiger partial charge on any atom is 0.227 e. The molecule has 1 fully saturated rings. The van der Waals surface area contributed by atoms with E-state index in [4.69, 9.17) is 4.74 Å². The number of amides is 1. The lowest BCUT2D eigenvalue weighted by atomic mass is 9.97. The highest BCUT2D eigenvalue weighted by molar-refractivity contribution is 5.79. The van der Waals surface area contributed by atoms with Crippen LogP contribution in [0.15, 0.2) is 78.0 Å². The zero-order valence-corrected chi connectivity index (χ0v) is 21.0. The van der Waals surface area contributed by atoms with Crippen molar-refractivity contribution in [2.45, 2.75) is 39.4 Å². The molecule has 0 aromatic heterocycles. The highest BCUT2D eigenvalue weighted by atomic mass is 16.5. The smallest absolute Gasteiger partial charge is 0.227 e. The fourth-order valence-corrected chi connectivity index (χ4v) is 5.10. The van der Waals surface area contributed by atoms with Crippen LogP contribution in [0.25, 0.3) is 0 Å². The number of benzene rings is 2. The highest BCUT2D eigenvalue weighted by Crippen LogP contribution is 2.39. The van der Waals surface area contributed by atoms with E-state index in [1.807, 2.05) is 65.6 Å². The van der Waals surface area contributed by atoms with Gasteiger partial charge in [0.2, 0.25) is 5.91 Å². The number of para-hydroxylation sites is 2. The Bertz CT molecular complexity index is 1150. The standard InChI is InChI=1S/C29H34N4O2/c1-21(2)25-15-14-24(19-30)29(33(25)26-12-8-9-13-27(26)35-4)31-16-17-32(22(3)20-31)28(34)18-23-10-6-5-7-11-23/h5-15,21-22,29H,16-18,20H2,1-4H3. The molecule has 1 saturated heterocycles. The Morgan fingerprint density at radius 2 is 1.80 bits per heavy atom. The van der Waals surface area contributed by atoms with Gasteiger partial charge >= 0.3 is 0 Å². The van der Waals surface area contributed by atoms with Gasteiger partial charge in [0.05, 0.1) is 30.9 Å². The number of hydrogen-bond acceptors (Lipinski definition) is 5. The molecule has 0 spiro atoms. The van der Waals surface area contributed by atoms with E-state index in [1.165, 1.54) is 0 Å². The van der Waals surface area contributed by atoms with Crippen LogP contribution in [-0.4, -0.2) is 54.7 Å². The minimum absolute atomic E-state index is 0.0350. The summed E-state index contributed by atoms with van der Waals surface area (Å²) in [5, 5.41) is 10.1. The molecule has 4 rings (SSSR count). The van der Waals surface area contributed by atoms with E-state index in [2.05, 4.69) is 42.7 Å². The minimum Gasteiger partial charge on any atom is -0.495 e. The number of hydrogen-bond donors (Lipinski definition) is 0. The molecular weight excluding hydrogens is 436 g/mol. The van der Waals surface area contributed by atoms with Crippen LogP contribution in [0.1, 0.15) is 26.3 Å². The molecule has 2 aromatic carbocycles. The lowest BCUT2D eigenvalue weighted by molar-refractivity contribution is -0.135. The zero-order chi connectivity index (χ0) is 24.9. The summed E-state index contributed by atoms with van der Waals surface area (Å²) in [5.74, 6) is 1.17. The van der Waals surface area contributed by atoms with Gasteiger partial charge in [-0.15, -0.1) is 0 Å². The third kappa shape index (κ3) is 5.11. The molecule has 2 atom stereocenters. The molecule has 2 aliphatic rings. The van der Waals surface area contributed by atoms with Crippen molar-refractivity contribution in [3.8, 4) is 11.8 Å². The summed E-state index contributed by atoms with van der Waals surface area (Å²) >= 11 is 0. The van der Waals surface area contributed by atoms with Crippen LogP contribution >= 0.6 is 0 Å². The van der Waals surface area contributed by atoms with Crippen LogP contribution in [0.2, 0.25) is 0 Å². The molecule has 0 saturated carbocycles. The first-order valence-corrected chi connectivity index (χ1v) is 12.3. The Morgan fingerprint density at radius 3 is 2.46 bits per heavy atom. The molecule has 2 aliphatic heterocycles. The van der Waals surface area contributed by atoms with Gasteiger partial charge in [-0.05, 0) is 42.7 Å². The second kappa shape index (κ2) is 10.8. The van der Waals surface area contributed by atoms with Crippen molar-refractivity contribution >= 4 is 11.6 Å². The van der Waals surface area contributed by atoms with Crippen molar-refractivity contribution in [3.63, 3.8) is 0 Å². The summed E-state index contributed by atoms with van der Waals surface area (Å²) in [6, 6.07) is 20.3. The Kier molecular flexibility index (Phi) is 7.57. The number of methoxy groups -OCH3 is 1. The van der Waals surface area contributed by atoms with Gasteiger partial charge in [0, 0.05) is 31.4 Å². The predicted molar refractivity (Wildman–Crippen MR) is 139 cm³/mol. The monoisotopic (exact) mass is 470 g/mol. The van der Waals surface area contributed by atoms with E-state index < -0.39 is 0 Å². The first kappa shape index (κ1) is 24.6. The molecule has 2 heterocycles. The molecule has 2 aromatic rings. The minimum atomic E-state index is -0.257. The summed E-state index contributed by atoms with van der Waals surface area (Å²) in [6.45, 7) is 8.42. The van der Waals surface area contributed by atoms with Crippen molar-refractivity contribution in [1.82, 2.24) is 9.80 Å². The van der Waals surface area contributed by atoms with Gasteiger partial charge < -0.3 is 14.5 Å². The summed E-state index contributed by atoms with van der Waals surface area (Å²) in [7, 11) is 1.68. The second-order valence-electron chi connectivity index (χ2n) is 9.49. The van der Waals surface area contributed by atoms with Gasteiger partial charge in [-0.25, -0.2) is 0 Å². The van der Waals surface area contributed by atoms with Crippen molar-refractivity contribution in [3.05, 3.63) is 83.6 Å². The lowest BCUT2D eigenvalue weighted by Gasteiger charge is -2.49. The highest BCUT2D eigenvalue weighted by Gasteiger charge is 2.39. The van der Waals surface area contributed by atoms with E-state index in [-0.39, 0.29) is 24.0 Å². The van der Waals surface area contributed by atoms with E-state index in [0.29, 0.717) is 31.6 Å². The Balaban J connectivity index is 1.61. The van der Waals surface area contributed by atoms with Crippen LogP contribution < -0.4 is 9.64 Å². The molecule has 6 heteroatoms. The Labute approximate surface area is 208 Å². The van der Waals surface area contributed by atoms with Crippen molar-refractivity contribution < 1.29 is 9.53 Å². The zero-order valence-electron chi connectivity index (χ0n) is 21.0. The molecular formula is C29H34N4O2. The first-order valence-electron chi connectivity index (χ1n) is 12.3. The summed E-state index contributed by atoms with van der Waals surface area (Å²) in [5.41, 5.74) is 3.80. The molecule has 0 radical (unpaired) electrons. The molecule has 35 heavy (non-hydrogen) atoms. The molecule has 0 aliphatic carbocycles. The topological polar surface area (TPSA) is 59.8 Å². The molecule has 0 bridgehead atoms. The number of nitriles is 1. The average molecular weight is 471 g/mol. The van der Waals surface area contributed by atoms with Gasteiger partial charge in [-0.1, -0.05) is 56.3 Å². The van der Waals surface area contributed by atoms with Gasteiger partial charge in [-0.2, -0.15) is 5.26 Å². The number of piperazine rings is 1. The Morgan fingerprint density at radius 1 is 1.09 bits per heavy atom. The summed E-state index contributed by atoms with van der Waals surface area (Å²) in [6.07, 6.45) is 4.15. The van der Waals surface area contributed by atoms with Crippen molar-refractivity contribution in [2.75, 3.05) is 31.6 Å². The number of allylic oxidation sites excluding steroid dienone is 3. The van der Waals surface area contributed by atoms with Gasteiger partial charge in [0.25, 0.3) is 0 Å². The van der Waals surface area contributed by atoms with Crippen LogP contribution in [0.3, 0.4) is 0 Å². The number of carbonyl (C=O) groups is 1. The summed E-state index contributed by atoms with van der Waals surface area (Å²) < 4.78 is 5.71.